The smallest absolute Gasteiger partial charge is 0.241 e. The molecule has 1 aliphatic heterocycles. The second kappa shape index (κ2) is 6.82. The van der Waals surface area contributed by atoms with E-state index in [0.717, 1.165) is 27.0 Å². The van der Waals surface area contributed by atoms with Gasteiger partial charge in [-0.3, -0.25) is 0 Å². The van der Waals surface area contributed by atoms with Gasteiger partial charge in [-0.2, -0.15) is 23.5 Å². The minimum Gasteiger partial charge on any atom is -0.326 e. The zero-order chi connectivity index (χ0) is 13.9. The van der Waals surface area contributed by atoms with Gasteiger partial charge in [-0.15, -0.1) is 11.3 Å². The summed E-state index contributed by atoms with van der Waals surface area (Å²) in [6.45, 7) is 2.72. The topological polar surface area (TPSA) is 72.2 Å². The Morgan fingerprint density at radius 3 is 2.84 bits per heavy atom. The van der Waals surface area contributed by atoms with Gasteiger partial charge in [0.2, 0.25) is 10.0 Å². The summed E-state index contributed by atoms with van der Waals surface area (Å²) in [5, 5.41) is 0.376. The van der Waals surface area contributed by atoms with Crippen molar-refractivity contribution in [3.63, 3.8) is 0 Å². The standard InChI is InChI=1S/C11H18N2O2S4/c1-8-11(4-9(5-12)18-8)19(14,15)13-6-10-7-16-2-3-17-10/h4,10,13H,2-3,5-7,12H2,1H3. The van der Waals surface area contributed by atoms with Gasteiger partial charge in [0.1, 0.15) is 0 Å². The number of nitrogens with two attached hydrogens (primary N) is 1. The third-order valence-electron chi connectivity index (χ3n) is 2.80. The predicted octanol–water partition coefficient (Wildman–Crippen LogP) is 1.64. The van der Waals surface area contributed by atoms with Crippen LogP contribution in [0.5, 0.6) is 0 Å². The van der Waals surface area contributed by atoms with Crippen LogP contribution < -0.4 is 10.5 Å². The van der Waals surface area contributed by atoms with Gasteiger partial charge in [-0.05, 0) is 13.0 Å². The quantitative estimate of drug-likeness (QED) is 0.854. The number of hydrogen-bond acceptors (Lipinski definition) is 6. The largest absolute Gasteiger partial charge is 0.326 e. The summed E-state index contributed by atoms with van der Waals surface area (Å²) >= 11 is 5.19. The SMILES string of the molecule is Cc1sc(CN)cc1S(=O)(=O)NCC1CSCCS1. The summed E-state index contributed by atoms with van der Waals surface area (Å²) < 4.78 is 27.3. The van der Waals surface area contributed by atoms with E-state index in [2.05, 4.69) is 4.72 Å². The highest BCUT2D eigenvalue weighted by Crippen LogP contribution is 2.26. The molecular weight excluding hydrogens is 320 g/mol. The van der Waals surface area contributed by atoms with E-state index in [-0.39, 0.29) is 0 Å². The van der Waals surface area contributed by atoms with Gasteiger partial charge >= 0.3 is 0 Å². The normalized spacial score (nSPS) is 20.6. The molecule has 2 heterocycles. The van der Waals surface area contributed by atoms with Crippen LogP contribution in [-0.4, -0.2) is 37.5 Å². The van der Waals surface area contributed by atoms with Gasteiger partial charge < -0.3 is 5.73 Å². The lowest BCUT2D eigenvalue weighted by atomic mass is 10.4. The number of thiophene rings is 1. The lowest BCUT2D eigenvalue weighted by molar-refractivity contribution is 0.581. The highest BCUT2D eigenvalue weighted by Gasteiger charge is 2.22. The highest BCUT2D eigenvalue weighted by molar-refractivity contribution is 8.06. The van der Waals surface area contributed by atoms with Crippen LogP contribution in [0.25, 0.3) is 0 Å². The van der Waals surface area contributed by atoms with Gasteiger partial charge in [0.15, 0.2) is 0 Å². The molecule has 0 aliphatic carbocycles. The fraction of sp³-hybridized carbons (Fsp3) is 0.636. The van der Waals surface area contributed by atoms with Crippen LogP contribution in [0.1, 0.15) is 9.75 Å². The van der Waals surface area contributed by atoms with Crippen molar-refractivity contribution in [1.82, 2.24) is 4.72 Å². The molecule has 1 saturated heterocycles. The first-order chi connectivity index (χ1) is 9.03. The molecule has 0 spiro atoms. The van der Waals surface area contributed by atoms with Gasteiger partial charge in [0, 0.05) is 45.4 Å². The number of thioether (sulfide) groups is 2. The molecular formula is C11H18N2O2S4. The summed E-state index contributed by atoms with van der Waals surface area (Å²) in [4.78, 5) is 2.09. The molecule has 19 heavy (non-hydrogen) atoms. The average Bonchev–Trinajstić information content (AvgIpc) is 2.80. The van der Waals surface area contributed by atoms with E-state index in [1.54, 1.807) is 6.07 Å². The Morgan fingerprint density at radius 2 is 2.26 bits per heavy atom. The van der Waals surface area contributed by atoms with Crippen molar-refractivity contribution in [3.8, 4) is 0 Å². The molecule has 108 valence electrons. The molecule has 1 aliphatic rings. The summed E-state index contributed by atoms with van der Waals surface area (Å²) in [6.07, 6.45) is 0. The molecule has 1 atom stereocenters. The Kier molecular flexibility index (Phi) is 5.62. The first-order valence-corrected chi connectivity index (χ1v) is 10.5. The van der Waals surface area contributed by atoms with E-state index in [1.165, 1.54) is 11.3 Å². The van der Waals surface area contributed by atoms with Crippen LogP contribution >= 0.6 is 34.9 Å². The molecule has 1 fully saturated rings. The molecule has 0 radical (unpaired) electrons. The van der Waals surface area contributed by atoms with Crippen molar-refractivity contribution in [2.45, 2.75) is 23.6 Å². The Balaban J connectivity index is 2.02. The summed E-state index contributed by atoms with van der Waals surface area (Å²) in [6, 6.07) is 1.69. The molecule has 1 aromatic rings. The molecule has 0 aromatic carbocycles. The van der Waals surface area contributed by atoms with Gasteiger partial charge in [0.25, 0.3) is 0 Å². The minimum atomic E-state index is -3.40. The van der Waals surface area contributed by atoms with Crippen LogP contribution in [0.15, 0.2) is 11.0 Å². The van der Waals surface area contributed by atoms with Crippen molar-refractivity contribution < 1.29 is 8.42 Å². The number of rotatable bonds is 5. The first-order valence-electron chi connectivity index (χ1n) is 6.01. The number of hydrogen-bond donors (Lipinski definition) is 2. The number of sulfonamides is 1. The fourth-order valence-corrected chi connectivity index (χ4v) is 7.14. The van der Waals surface area contributed by atoms with E-state index < -0.39 is 10.0 Å². The molecule has 1 aromatic heterocycles. The van der Waals surface area contributed by atoms with Gasteiger partial charge in [0.05, 0.1) is 4.90 Å². The van der Waals surface area contributed by atoms with E-state index in [9.17, 15) is 8.42 Å². The van der Waals surface area contributed by atoms with Crippen molar-refractivity contribution in [2.24, 2.45) is 5.73 Å². The Morgan fingerprint density at radius 1 is 1.47 bits per heavy atom. The van der Waals surface area contributed by atoms with E-state index in [1.807, 2.05) is 30.4 Å². The maximum absolute atomic E-state index is 12.3. The van der Waals surface area contributed by atoms with Crippen molar-refractivity contribution >= 4 is 44.9 Å². The molecule has 0 saturated carbocycles. The average molecular weight is 339 g/mol. The number of aryl methyl sites for hydroxylation is 1. The van der Waals surface area contributed by atoms with Crippen LogP contribution in [0, 0.1) is 6.92 Å². The molecule has 2 rings (SSSR count). The number of nitrogens with one attached hydrogen (secondary N) is 1. The molecule has 0 bridgehead atoms. The van der Waals surface area contributed by atoms with E-state index in [4.69, 9.17) is 5.73 Å². The molecule has 0 amide bonds. The monoisotopic (exact) mass is 338 g/mol. The lowest BCUT2D eigenvalue weighted by Crippen LogP contribution is -2.33. The molecule has 3 N–H and O–H groups in total. The first kappa shape index (κ1) is 15.7. The summed E-state index contributed by atoms with van der Waals surface area (Å²) in [5.41, 5.74) is 5.56. The zero-order valence-electron chi connectivity index (χ0n) is 10.7. The molecule has 4 nitrogen and oxygen atoms in total. The van der Waals surface area contributed by atoms with Crippen LogP contribution in [-0.2, 0) is 16.6 Å². The van der Waals surface area contributed by atoms with E-state index in [0.29, 0.717) is 23.2 Å². The molecule has 8 heteroatoms. The van der Waals surface area contributed by atoms with Crippen LogP contribution in [0.4, 0.5) is 0 Å². The Hall–Kier alpha value is 0.270. The fourth-order valence-electron chi connectivity index (χ4n) is 1.83. The summed E-state index contributed by atoms with van der Waals surface area (Å²) in [5.74, 6) is 3.28. The van der Waals surface area contributed by atoms with Crippen LogP contribution in [0.3, 0.4) is 0 Å². The van der Waals surface area contributed by atoms with Gasteiger partial charge in [-0.1, -0.05) is 0 Å². The molecule has 1 unspecified atom stereocenters. The van der Waals surface area contributed by atoms with E-state index >= 15 is 0 Å². The third kappa shape index (κ3) is 4.12. The van der Waals surface area contributed by atoms with Crippen molar-refractivity contribution in [2.75, 3.05) is 23.8 Å². The summed E-state index contributed by atoms with van der Waals surface area (Å²) in [7, 11) is -3.40. The second-order valence-electron chi connectivity index (χ2n) is 4.26. The second-order valence-corrected chi connectivity index (χ2v) is 9.89. The Bertz CT molecular complexity index is 521. The maximum atomic E-state index is 12.3. The Labute approximate surface area is 127 Å². The van der Waals surface area contributed by atoms with Crippen molar-refractivity contribution in [1.29, 1.82) is 0 Å². The minimum absolute atomic E-state index is 0.376. The highest BCUT2D eigenvalue weighted by atomic mass is 32.2. The zero-order valence-corrected chi connectivity index (χ0v) is 14.0. The third-order valence-corrected chi connectivity index (χ3v) is 8.40. The van der Waals surface area contributed by atoms with Gasteiger partial charge in [-0.25, -0.2) is 13.1 Å². The van der Waals surface area contributed by atoms with Crippen LogP contribution in [0.2, 0.25) is 0 Å². The lowest BCUT2D eigenvalue weighted by Gasteiger charge is -2.21. The van der Waals surface area contributed by atoms with Crippen molar-refractivity contribution in [3.05, 3.63) is 15.8 Å². The maximum Gasteiger partial charge on any atom is 0.241 e. The predicted molar refractivity (Wildman–Crippen MR) is 85.7 cm³/mol.